The molecule has 0 unspecified atom stereocenters. The standard InChI is InChI=1S/C9H3Cl3N4O3/c10-5-2-1-4(16(17)18)3-6(5)19-9-14-7(11)13-8(12)15-9/h1-3H. The fraction of sp³-hybridized carbons (Fsp3) is 0. The SMILES string of the molecule is O=[N+]([O-])c1ccc(Cl)c(Oc2nc(Cl)nc(Cl)n2)c1. The molecule has 0 aliphatic carbocycles. The Hall–Kier alpha value is -1.70. The highest BCUT2D eigenvalue weighted by molar-refractivity contribution is 6.32. The number of non-ortho nitro benzene ring substituents is 1. The molecule has 0 fully saturated rings. The second kappa shape index (κ2) is 5.52. The van der Waals surface area contributed by atoms with Crippen LogP contribution < -0.4 is 4.74 Å². The first-order valence-electron chi connectivity index (χ1n) is 4.64. The van der Waals surface area contributed by atoms with Crippen LogP contribution in [0, 0.1) is 10.1 Å². The van der Waals surface area contributed by atoms with Crippen LogP contribution in [0.25, 0.3) is 0 Å². The van der Waals surface area contributed by atoms with Crippen LogP contribution in [0.15, 0.2) is 18.2 Å². The number of hydrogen-bond donors (Lipinski definition) is 0. The van der Waals surface area contributed by atoms with Crippen LogP contribution in [0.2, 0.25) is 15.6 Å². The van der Waals surface area contributed by atoms with Gasteiger partial charge in [0.2, 0.25) is 10.6 Å². The van der Waals surface area contributed by atoms with Crippen LogP contribution in [0.5, 0.6) is 11.8 Å². The van der Waals surface area contributed by atoms with Gasteiger partial charge < -0.3 is 4.74 Å². The lowest BCUT2D eigenvalue weighted by atomic mass is 10.3. The highest BCUT2D eigenvalue weighted by Gasteiger charge is 2.13. The van der Waals surface area contributed by atoms with Gasteiger partial charge in [0.05, 0.1) is 16.0 Å². The van der Waals surface area contributed by atoms with E-state index in [9.17, 15) is 10.1 Å². The zero-order valence-electron chi connectivity index (χ0n) is 8.88. The first-order valence-corrected chi connectivity index (χ1v) is 5.78. The molecule has 0 saturated heterocycles. The number of hydrogen-bond acceptors (Lipinski definition) is 6. The van der Waals surface area contributed by atoms with Crippen molar-refractivity contribution in [3.05, 3.63) is 43.9 Å². The molecule has 0 atom stereocenters. The predicted molar refractivity (Wildman–Crippen MR) is 68.0 cm³/mol. The van der Waals surface area contributed by atoms with E-state index >= 15 is 0 Å². The van der Waals surface area contributed by atoms with Gasteiger partial charge in [-0.15, -0.1) is 0 Å². The molecule has 0 spiro atoms. The summed E-state index contributed by atoms with van der Waals surface area (Å²) in [5.41, 5.74) is -0.189. The minimum absolute atomic E-state index is 0.00852. The summed E-state index contributed by atoms with van der Waals surface area (Å²) in [5, 5.41) is 10.5. The molecule has 98 valence electrons. The van der Waals surface area contributed by atoms with Crippen molar-refractivity contribution in [1.82, 2.24) is 15.0 Å². The molecular formula is C9H3Cl3N4O3. The van der Waals surface area contributed by atoms with Crippen LogP contribution >= 0.6 is 34.8 Å². The fourth-order valence-corrected chi connectivity index (χ4v) is 1.64. The van der Waals surface area contributed by atoms with Gasteiger partial charge in [-0.3, -0.25) is 10.1 Å². The van der Waals surface area contributed by atoms with Crippen molar-refractivity contribution in [2.75, 3.05) is 0 Å². The Labute approximate surface area is 121 Å². The van der Waals surface area contributed by atoms with Gasteiger partial charge in [-0.25, -0.2) is 0 Å². The van der Waals surface area contributed by atoms with Crippen molar-refractivity contribution in [1.29, 1.82) is 0 Å². The minimum atomic E-state index is -0.587. The molecule has 0 N–H and O–H groups in total. The first kappa shape index (κ1) is 13.7. The van der Waals surface area contributed by atoms with Gasteiger partial charge in [-0.2, -0.15) is 15.0 Å². The molecule has 0 aliphatic heterocycles. The van der Waals surface area contributed by atoms with Crippen LogP contribution in [0.1, 0.15) is 0 Å². The second-order valence-electron chi connectivity index (χ2n) is 3.13. The van der Waals surface area contributed by atoms with Crippen LogP contribution in [0.4, 0.5) is 5.69 Å². The van der Waals surface area contributed by atoms with Crippen molar-refractivity contribution in [3.8, 4) is 11.8 Å². The van der Waals surface area contributed by atoms with E-state index in [1.807, 2.05) is 0 Å². The predicted octanol–water partition coefficient (Wildman–Crippen LogP) is 3.53. The third kappa shape index (κ3) is 3.40. The molecule has 1 heterocycles. The lowest BCUT2D eigenvalue weighted by molar-refractivity contribution is -0.384. The number of benzene rings is 1. The Morgan fingerprint density at radius 3 is 2.32 bits per heavy atom. The maximum absolute atomic E-state index is 10.6. The smallest absolute Gasteiger partial charge is 0.327 e. The summed E-state index contributed by atoms with van der Waals surface area (Å²) in [6.07, 6.45) is 0. The third-order valence-corrected chi connectivity index (χ3v) is 2.54. The van der Waals surface area contributed by atoms with Gasteiger partial charge in [-0.1, -0.05) is 11.6 Å². The Balaban J connectivity index is 2.37. The number of ether oxygens (including phenoxy) is 1. The van der Waals surface area contributed by atoms with E-state index < -0.39 is 4.92 Å². The quantitative estimate of drug-likeness (QED) is 0.634. The zero-order chi connectivity index (χ0) is 14.0. The molecule has 0 bridgehead atoms. The summed E-state index contributed by atoms with van der Waals surface area (Å²) in [5.74, 6) is 0.00852. The molecular weight excluding hydrogens is 318 g/mol. The Bertz CT molecular complexity index is 632. The van der Waals surface area contributed by atoms with Crippen LogP contribution in [0.3, 0.4) is 0 Å². The molecule has 0 saturated carbocycles. The summed E-state index contributed by atoms with van der Waals surface area (Å²) >= 11 is 17.0. The highest BCUT2D eigenvalue weighted by Crippen LogP contribution is 2.31. The molecule has 0 amide bonds. The van der Waals surface area contributed by atoms with Gasteiger partial charge in [0.15, 0.2) is 5.75 Å². The maximum Gasteiger partial charge on any atom is 0.327 e. The summed E-state index contributed by atoms with van der Waals surface area (Å²) < 4.78 is 5.19. The molecule has 0 aliphatic rings. The maximum atomic E-state index is 10.6. The Morgan fingerprint density at radius 2 is 1.74 bits per heavy atom. The topological polar surface area (TPSA) is 91.0 Å². The Kier molecular flexibility index (Phi) is 3.98. The summed E-state index contributed by atoms with van der Waals surface area (Å²) in [4.78, 5) is 20.9. The molecule has 1 aromatic carbocycles. The number of nitrogens with zero attached hydrogens (tertiary/aromatic N) is 4. The average Bonchev–Trinajstić information content (AvgIpc) is 2.30. The van der Waals surface area contributed by atoms with E-state index in [2.05, 4.69) is 15.0 Å². The van der Waals surface area contributed by atoms with E-state index in [4.69, 9.17) is 39.5 Å². The van der Waals surface area contributed by atoms with Gasteiger partial charge in [0.25, 0.3) is 5.69 Å². The zero-order valence-corrected chi connectivity index (χ0v) is 11.1. The molecule has 19 heavy (non-hydrogen) atoms. The van der Waals surface area contributed by atoms with E-state index in [1.54, 1.807) is 0 Å². The van der Waals surface area contributed by atoms with Crippen molar-refractivity contribution < 1.29 is 9.66 Å². The highest BCUT2D eigenvalue weighted by atomic mass is 35.5. The van der Waals surface area contributed by atoms with Crippen LogP contribution in [-0.2, 0) is 0 Å². The monoisotopic (exact) mass is 320 g/mol. The van der Waals surface area contributed by atoms with Crippen molar-refractivity contribution in [2.24, 2.45) is 0 Å². The van der Waals surface area contributed by atoms with Crippen molar-refractivity contribution in [3.63, 3.8) is 0 Å². The molecule has 2 aromatic rings. The summed E-state index contributed by atoms with van der Waals surface area (Å²) in [7, 11) is 0. The fourth-order valence-electron chi connectivity index (χ4n) is 1.14. The van der Waals surface area contributed by atoms with Gasteiger partial charge in [-0.05, 0) is 29.3 Å². The summed E-state index contributed by atoms with van der Waals surface area (Å²) in [6, 6.07) is 3.48. The molecule has 0 radical (unpaired) electrons. The molecule has 1 aromatic heterocycles. The number of aromatic nitrogens is 3. The largest absolute Gasteiger partial charge is 0.422 e. The van der Waals surface area contributed by atoms with E-state index in [0.717, 1.165) is 6.07 Å². The lowest BCUT2D eigenvalue weighted by Gasteiger charge is -2.05. The normalized spacial score (nSPS) is 10.3. The summed E-state index contributed by atoms with van der Waals surface area (Å²) in [6.45, 7) is 0. The van der Waals surface area contributed by atoms with E-state index in [-0.39, 0.29) is 33.0 Å². The van der Waals surface area contributed by atoms with Gasteiger partial charge >= 0.3 is 6.01 Å². The van der Waals surface area contributed by atoms with Crippen molar-refractivity contribution >= 4 is 40.5 Å². The van der Waals surface area contributed by atoms with Crippen LogP contribution in [-0.4, -0.2) is 19.9 Å². The van der Waals surface area contributed by atoms with Gasteiger partial charge in [0, 0.05) is 6.07 Å². The number of rotatable bonds is 3. The van der Waals surface area contributed by atoms with Gasteiger partial charge in [0.1, 0.15) is 0 Å². The molecule has 2 rings (SSSR count). The van der Waals surface area contributed by atoms with E-state index in [0.29, 0.717) is 0 Å². The second-order valence-corrected chi connectivity index (χ2v) is 4.21. The Morgan fingerprint density at radius 1 is 1.11 bits per heavy atom. The number of halogens is 3. The van der Waals surface area contributed by atoms with E-state index in [1.165, 1.54) is 12.1 Å². The minimum Gasteiger partial charge on any atom is -0.422 e. The first-order chi connectivity index (χ1) is 8.95. The average molecular weight is 322 g/mol. The lowest BCUT2D eigenvalue weighted by Crippen LogP contribution is -1.96. The molecule has 10 heteroatoms. The van der Waals surface area contributed by atoms with Crippen molar-refractivity contribution in [2.45, 2.75) is 0 Å². The third-order valence-electron chi connectivity index (χ3n) is 1.89. The molecule has 7 nitrogen and oxygen atoms in total. The number of nitro benzene ring substituents is 1. The number of nitro groups is 1.